The van der Waals surface area contributed by atoms with Crippen LogP contribution in [0.2, 0.25) is 0 Å². The van der Waals surface area contributed by atoms with Gasteiger partial charge in [-0.05, 0) is 37.6 Å². The molecule has 0 bridgehead atoms. The van der Waals surface area contributed by atoms with E-state index in [1.165, 1.54) is 12.8 Å². The molecule has 1 saturated carbocycles. The molecular formula is C11H20F3NO. The second-order valence-corrected chi connectivity index (χ2v) is 4.64. The van der Waals surface area contributed by atoms with Crippen LogP contribution in [0, 0.1) is 5.41 Å². The lowest BCUT2D eigenvalue weighted by Crippen LogP contribution is -2.26. The van der Waals surface area contributed by atoms with Crippen LogP contribution in [0.15, 0.2) is 0 Å². The van der Waals surface area contributed by atoms with Crippen LogP contribution < -0.4 is 5.32 Å². The van der Waals surface area contributed by atoms with Crippen LogP contribution in [0.3, 0.4) is 0 Å². The molecule has 1 aliphatic rings. The fourth-order valence-electron chi connectivity index (χ4n) is 1.78. The summed E-state index contributed by atoms with van der Waals surface area (Å²) < 4.78 is 40.6. The number of hydrogen-bond acceptors (Lipinski definition) is 2. The highest BCUT2D eigenvalue weighted by Crippen LogP contribution is 2.48. The summed E-state index contributed by atoms with van der Waals surface area (Å²) in [6.45, 7) is 2.02. The van der Waals surface area contributed by atoms with Crippen molar-refractivity contribution in [3.05, 3.63) is 0 Å². The third-order valence-electron chi connectivity index (χ3n) is 3.11. The number of nitrogens with one attached hydrogen (secondary N) is 1. The van der Waals surface area contributed by atoms with Gasteiger partial charge in [-0.3, -0.25) is 0 Å². The Balaban J connectivity index is 1.99. The molecule has 0 aliphatic heterocycles. The molecule has 0 atom stereocenters. The van der Waals surface area contributed by atoms with Crippen LogP contribution in [-0.4, -0.2) is 33.0 Å². The van der Waals surface area contributed by atoms with E-state index in [9.17, 15) is 13.2 Å². The van der Waals surface area contributed by atoms with Crippen molar-refractivity contribution in [3.63, 3.8) is 0 Å². The first-order valence-electron chi connectivity index (χ1n) is 5.74. The van der Waals surface area contributed by atoms with Gasteiger partial charge in [-0.1, -0.05) is 0 Å². The fourth-order valence-corrected chi connectivity index (χ4v) is 1.78. The third-order valence-corrected chi connectivity index (χ3v) is 3.11. The number of hydrogen-bond donors (Lipinski definition) is 1. The normalized spacial score (nSPS) is 18.8. The average Bonchev–Trinajstić information content (AvgIpc) is 2.94. The molecule has 5 heteroatoms. The van der Waals surface area contributed by atoms with Gasteiger partial charge in [0, 0.05) is 26.7 Å². The number of rotatable bonds is 8. The summed E-state index contributed by atoms with van der Waals surface area (Å²) in [5.74, 6) is 0. The van der Waals surface area contributed by atoms with E-state index in [2.05, 4.69) is 5.32 Å². The maximum absolute atomic E-state index is 11.9. The van der Waals surface area contributed by atoms with Crippen LogP contribution in [0.5, 0.6) is 0 Å². The van der Waals surface area contributed by atoms with Crippen molar-refractivity contribution >= 4 is 0 Å². The average molecular weight is 239 g/mol. The van der Waals surface area contributed by atoms with Crippen LogP contribution in [0.25, 0.3) is 0 Å². The van der Waals surface area contributed by atoms with Gasteiger partial charge in [-0.25, -0.2) is 0 Å². The summed E-state index contributed by atoms with van der Waals surface area (Å²) in [6.07, 6.45) is -1.19. The molecule has 1 N–H and O–H groups in total. The zero-order valence-electron chi connectivity index (χ0n) is 9.70. The van der Waals surface area contributed by atoms with E-state index < -0.39 is 12.6 Å². The predicted octanol–water partition coefficient (Wildman–Crippen LogP) is 2.74. The molecule has 1 aliphatic carbocycles. The van der Waals surface area contributed by atoms with E-state index in [-0.39, 0.29) is 6.42 Å². The summed E-state index contributed by atoms with van der Waals surface area (Å²) >= 11 is 0. The zero-order chi connectivity index (χ0) is 12.1. The zero-order valence-corrected chi connectivity index (χ0v) is 9.70. The largest absolute Gasteiger partial charge is 0.389 e. The lowest BCUT2D eigenvalue weighted by Gasteiger charge is -2.15. The van der Waals surface area contributed by atoms with Gasteiger partial charge in [0.25, 0.3) is 0 Å². The summed E-state index contributed by atoms with van der Waals surface area (Å²) in [6, 6.07) is 0. The van der Waals surface area contributed by atoms with Crippen molar-refractivity contribution in [2.24, 2.45) is 5.41 Å². The van der Waals surface area contributed by atoms with E-state index >= 15 is 0 Å². The highest BCUT2D eigenvalue weighted by Gasteiger charge is 2.41. The molecule has 0 amide bonds. The Morgan fingerprint density at radius 2 is 2.00 bits per heavy atom. The van der Waals surface area contributed by atoms with E-state index in [0.717, 1.165) is 19.6 Å². The Bertz CT molecular complexity index is 202. The second kappa shape index (κ2) is 5.87. The highest BCUT2D eigenvalue weighted by molar-refractivity contribution is 4.94. The summed E-state index contributed by atoms with van der Waals surface area (Å²) in [5, 5.41) is 3.11. The van der Waals surface area contributed by atoms with Crippen molar-refractivity contribution in [1.29, 1.82) is 0 Å². The molecule has 0 aromatic carbocycles. The van der Waals surface area contributed by atoms with Crippen molar-refractivity contribution < 1.29 is 17.9 Å². The molecule has 0 aromatic heterocycles. The molecule has 0 aromatic rings. The Morgan fingerprint density at radius 3 is 2.50 bits per heavy atom. The van der Waals surface area contributed by atoms with Crippen LogP contribution in [0.4, 0.5) is 13.2 Å². The number of alkyl halides is 3. The van der Waals surface area contributed by atoms with Gasteiger partial charge >= 0.3 is 6.18 Å². The number of methoxy groups -OCH3 is 1. The molecule has 0 unspecified atom stereocenters. The van der Waals surface area contributed by atoms with E-state index in [1.807, 2.05) is 0 Å². The Morgan fingerprint density at radius 1 is 1.31 bits per heavy atom. The first-order valence-corrected chi connectivity index (χ1v) is 5.74. The first-order chi connectivity index (χ1) is 7.47. The molecule has 16 heavy (non-hydrogen) atoms. The maximum atomic E-state index is 11.9. The second-order valence-electron chi connectivity index (χ2n) is 4.64. The number of halogens is 3. The first kappa shape index (κ1) is 13.8. The SMILES string of the molecule is COCCC1(CNCCCC(F)(F)F)CC1. The van der Waals surface area contributed by atoms with Crippen molar-refractivity contribution in [2.45, 2.75) is 38.3 Å². The van der Waals surface area contributed by atoms with Crippen LogP contribution in [-0.2, 0) is 4.74 Å². The Hall–Kier alpha value is -0.290. The van der Waals surface area contributed by atoms with E-state index in [4.69, 9.17) is 4.74 Å². The number of ether oxygens (including phenoxy) is 1. The standard InChI is InChI=1S/C11H20F3NO/c1-16-8-6-10(4-5-10)9-15-7-2-3-11(12,13)14/h15H,2-9H2,1H3. The van der Waals surface area contributed by atoms with E-state index in [0.29, 0.717) is 12.0 Å². The minimum absolute atomic E-state index is 0.170. The van der Waals surface area contributed by atoms with Gasteiger partial charge in [0.1, 0.15) is 0 Å². The Labute approximate surface area is 94.5 Å². The predicted molar refractivity (Wildman–Crippen MR) is 56.3 cm³/mol. The maximum Gasteiger partial charge on any atom is 0.389 e. The molecule has 0 spiro atoms. The molecule has 96 valence electrons. The van der Waals surface area contributed by atoms with Gasteiger partial charge in [-0.15, -0.1) is 0 Å². The molecule has 0 heterocycles. The smallest absolute Gasteiger partial charge is 0.385 e. The van der Waals surface area contributed by atoms with Gasteiger partial charge in [0.15, 0.2) is 0 Å². The van der Waals surface area contributed by atoms with Crippen LogP contribution in [0.1, 0.15) is 32.1 Å². The molecule has 2 nitrogen and oxygen atoms in total. The third kappa shape index (κ3) is 5.70. The summed E-state index contributed by atoms with van der Waals surface area (Å²) in [7, 11) is 1.67. The lowest BCUT2D eigenvalue weighted by atomic mass is 10.0. The Kier molecular flexibility index (Phi) is 5.05. The van der Waals surface area contributed by atoms with Crippen molar-refractivity contribution in [3.8, 4) is 0 Å². The van der Waals surface area contributed by atoms with Crippen molar-refractivity contribution in [2.75, 3.05) is 26.8 Å². The molecule has 0 radical (unpaired) electrons. The van der Waals surface area contributed by atoms with Gasteiger partial charge in [-0.2, -0.15) is 13.2 Å². The monoisotopic (exact) mass is 239 g/mol. The lowest BCUT2D eigenvalue weighted by molar-refractivity contribution is -0.135. The topological polar surface area (TPSA) is 21.3 Å². The van der Waals surface area contributed by atoms with Gasteiger partial charge < -0.3 is 10.1 Å². The summed E-state index contributed by atoms with van der Waals surface area (Å²) in [5.41, 5.74) is 0.314. The summed E-state index contributed by atoms with van der Waals surface area (Å²) in [4.78, 5) is 0. The van der Waals surface area contributed by atoms with Gasteiger partial charge in [0.2, 0.25) is 0 Å². The quantitative estimate of drug-likeness (QED) is 0.658. The van der Waals surface area contributed by atoms with Crippen LogP contribution >= 0.6 is 0 Å². The molecular weight excluding hydrogens is 219 g/mol. The molecule has 1 rings (SSSR count). The van der Waals surface area contributed by atoms with E-state index in [1.54, 1.807) is 7.11 Å². The van der Waals surface area contributed by atoms with Gasteiger partial charge in [0.05, 0.1) is 0 Å². The fraction of sp³-hybridized carbons (Fsp3) is 1.00. The highest BCUT2D eigenvalue weighted by atomic mass is 19.4. The molecule has 1 fully saturated rings. The molecule has 0 saturated heterocycles. The van der Waals surface area contributed by atoms with Crippen molar-refractivity contribution in [1.82, 2.24) is 5.32 Å². The minimum Gasteiger partial charge on any atom is -0.385 e. The minimum atomic E-state index is -4.02.